The van der Waals surface area contributed by atoms with Gasteiger partial charge < -0.3 is 10.5 Å². The number of rotatable bonds is 3. The van der Waals surface area contributed by atoms with E-state index < -0.39 is 12.0 Å². The Kier molecular flexibility index (Phi) is 5.55. The van der Waals surface area contributed by atoms with Crippen LogP contribution in [0.5, 0.6) is 0 Å². The molecule has 0 aromatic heterocycles. The van der Waals surface area contributed by atoms with E-state index in [4.69, 9.17) is 5.73 Å². The molecule has 4 heteroatoms. The molecule has 3 nitrogen and oxygen atoms in total. The summed E-state index contributed by atoms with van der Waals surface area (Å²) in [6, 6.07) is 16.8. The van der Waals surface area contributed by atoms with Gasteiger partial charge in [0.1, 0.15) is 6.04 Å². The minimum absolute atomic E-state index is 0. The van der Waals surface area contributed by atoms with Crippen molar-refractivity contribution in [2.24, 2.45) is 5.73 Å². The van der Waals surface area contributed by atoms with Gasteiger partial charge in [-0.25, -0.2) is 0 Å². The summed E-state index contributed by atoms with van der Waals surface area (Å²) in [5, 5.41) is 0. The van der Waals surface area contributed by atoms with Crippen molar-refractivity contribution in [1.29, 1.82) is 0 Å². The molecule has 0 saturated carbocycles. The number of carbonyl (C=O) groups excluding carboxylic acids is 1. The maximum atomic E-state index is 11.4. The van der Waals surface area contributed by atoms with Crippen LogP contribution in [0.3, 0.4) is 0 Å². The van der Waals surface area contributed by atoms with Crippen molar-refractivity contribution < 1.29 is 9.53 Å². The van der Waals surface area contributed by atoms with Gasteiger partial charge in [0.2, 0.25) is 0 Å². The summed E-state index contributed by atoms with van der Waals surface area (Å²) in [5.74, 6) is -0.430. The van der Waals surface area contributed by atoms with Crippen molar-refractivity contribution in [2.75, 3.05) is 7.11 Å². The molecule has 0 amide bonds. The third kappa shape index (κ3) is 3.56. The summed E-state index contributed by atoms with van der Waals surface area (Å²) in [4.78, 5) is 11.4. The van der Waals surface area contributed by atoms with Gasteiger partial charge in [-0.15, -0.1) is 12.4 Å². The molecular weight excluding hydrogens is 262 g/mol. The van der Waals surface area contributed by atoms with Crippen molar-refractivity contribution in [3.63, 3.8) is 0 Å². The number of hydrogen-bond donors (Lipinski definition) is 1. The minimum Gasteiger partial charge on any atom is -0.468 e. The zero-order valence-corrected chi connectivity index (χ0v) is 11.4. The first-order valence-electron chi connectivity index (χ1n) is 5.71. The summed E-state index contributed by atoms with van der Waals surface area (Å²) in [7, 11) is 1.34. The number of carbonyl (C=O) groups is 1. The van der Waals surface area contributed by atoms with Gasteiger partial charge in [0.15, 0.2) is 0 Å². The highest BCUT2D eigenvalue weighted by Gasteiger charge is 2.16. The first-order valence-corrected chi connectivity index (χ1v) is 5.71. The third-order valence-corrected chi connectivity index (χ3v) is 2.81. The van der Waals surface area contributed by atoms with E-state index in [0.717, 1.165) is 16.7 Å². The van der Waals surface area contributed by atoms with E-state index in [2.05, 4.69) is 4.74 Å². The Balaban J connectivity index is 0.00000180. The Morgan fingerprint density at radius 3 is 2.32 bits per heavy atom. The highest BCUT2D eigenvalue weighted by Crippen LogP contribution is 2.22. The fraction of sp³-hybridized carbons (Fsp3) is 0.133. The number of hydrogen-bond acceptors (Lipinski definition) is 3. The highest BCUT2D eigenvalue weighted by molar-refractivity contribution is 5.85. The molecule has 0 spiro atoms. The molecule has 1 atom stereocenters. The quantitative estimate of drug-likeness (QED) is 0.878. The summed E-state index contributed by atoms with van der Waals surface area (Å²) < 4.78 is 4.65. The molecule has 0 saturated heterocycles. The van der Waals surface area contributed by atoms with E-state index in [1.165, 1.54) is 7.11 Å². The topological polar surface area (TPSA) is 52.3 Å². The monoisotopic (exact) mass is 277 g/mol. The summed E-state index contributed by atoms with van der Waals surface area (Å²) in [6.07, 6.45) is 0. The van der Waals surface area contributed by atoms with Gasteiger partial charge in [-0.05, 0) is 22.8 Å². The lowest BCUT2D eigenvalue weighted by Crippen LogP contribution is -2.22. The number of halogens is 1. The second-order valence-corrected chi connectivity index (χ2v) is 3.99. The van der Waals surface area contributed by atoms with Crippen LogP contribution >= 0.6 is 12.4 Å². The molecule has 0 aliphatic rings. The van der Waals surface area contributed by atoms with Crippen LogP contribution in [0, 0.1) is 0 Å². The Morgan fingerprint density at radius 1 is 1.05 bits per heavy atom. The molecule has 2 N–H and O–H groups in total. The predicted molar refractivity (Wildman–Crippen MR) is 78.1 cm³/mol. The SMILES string of the molecule is COC(=O)[C@@H](N)c1cccc(-c2ccccc2)c1.Cl. The fourth-order valence-corrected chi connectivity index (χ4v) is 1.81. The molecule has 0 aliphatic heterocycles. The van der Waals surface area contributed by atoms with E-state index in [-0.39, 0.29) is 12.4 Å². The summed E-state index contributed by atoms with van der Waals surface area (Å²) in [5.41, 5.74) is 8.70. The number of esters is 1. The first kappa shape index (κ1) is 15.2. The van der Waals surface area contributed by atoms with Crippen molar-refractivity contribution in [3.8, 4) is 11.1 Å². The molecule has 0 bridgehead atoms. The highest BCUT2D eigenvalue weighted by atomic mass is 35.5. The van der Waals surface area contributed by atoms with E-state index in [1.807, 2.05) is 54.6 Å². The summed E-state index contributed by atoms with van der Waals surface area (Å²) in [6.45, 7) is 0. The zero-order chi connectivity index (χ0) is 13.0. The normalized spacial score (nSPS) is 11.3. The minimum atomic E-state index is -0.737. The Bertz CT molecular complexity index is 543. The Labute approximate surface area is 118 Å². The molecular formula is C15H16ClNO2. The standard InChI is InChI=1S/C15H15NO2.ClH/c1-18-15(17)14(16)13-9-5-8-12(10-13)11-6-3-2-4-7-11;/h2-10,14H,16H2,1H3;1H/t14-;/m0./s1. The number of ether oxygens (including phenoxy) is 1. The van der Waals surface area contributed by atoms with Crippen molar-refractivity contribution in [2.45, 2.75) is 6.04 Å². The van der Waals surface area contributed by atoms with Crippen LogP contribution in [0.15, 0.2) is 54.6 Å². The predicted octanol–water partition coefficient (Wildman–Crippen LogP) is 2.95. The lowest BCUT2D eigenvalue weighted by Gasteiger charge is -2.11. The first-order chi connectivity index (χ1) is 8.72. The molecule has 0 heterocycles. The van der Waals surface area contributed by atoms with Crippen molar-refractivity contribution in [1.82, 2.24) is 0 Å². The van der Waals surface area contributed by atoms with Crippen molar-refractivity contribution >= 4 is 18.4 Å². The molecule has 0 fully saturated rings. The second kappa shape index (κ2) is 6.92. The van der Waals surface area contributed by atoms with Crippen molar-refractivity contribution in [3.05, 3.63) is 60.2 Å². The molecule has 2 aromatic rings. The van der Waals surface area contributed by atoms with E-state index in [9.17, 15) is 4.79 Å². The van der Waals surface area contributed by atoms with Gasteiger partial charge in [-0.3, -0.25) is 4.79 Å². The van der Waals surface area contributed by atoms with Crippen LogP contribution in [0.1, 0.15) is 11.6 Å². The van der Waals surface area contributed by atoms with Crippen LogP contribution in [-0.2, 0) is 9.53 Å². The maximum absolute atomic E-state index is 11.4. The average molecular weight is 278 g/mol. The molecule has 2 rings (SSSR count). The van der Waals surface area contributed by atoms with E-state index in [1.54, 1.807) is 0 Å². The molecule has 0 radical (unpaired) electrons. The van der Waals surface area contributed by atoms with Gasteiger partial charge in [-0.1, -0.05) is 48.5 Å². The summed E-state index contributed by atoms with van der Waals surface area (Å²) >= 11 is 0. The number of nitrogens with two attached hydrogens (primary N) is 1. The number of benzene rings is 2. The smallest absolute Gasteiger partial charge is 0.327 e. The van der Waals surface area contributed by atoms with Crippen LogP contribution in [0.2, 0.25) is 0 Å². The third-order valence-electron chi connectivity index (χ3n) is 2.81. The lowest BCUT2D eigenvalue weighted by molar-refractivity contribution is -0.142. The van der Waals surface area contributed by atoms with E-state index in [0.29, 0.717) is 0 Å². The maximum Gasteiger partial charge on any atom is 0.327 e. The molecule has 0 aliphatic carbocycles. The van der Waals surface area contributed by atoms with Gasteiger partial charge in [0.25, 0.3) is 0 Å². The molecule has 0 unspecified atom stereocenters. The molecule has 19 heavy (non-hydrogen) atoms. The van der Waals surface area contributed by atoms with Crippen LogP contribution in [-0.4, -0.2) is 13.1 Å². The molecule has 100 valence electrons. The second-order valence-electron chi connectivity index (χ2n) is 3.99. The Hall–Kier alpha value is -1.84. The van der Waals surface area contributed by atoms with Crippen LogP contribution in [0.4, 0.5) is 0 Å². The lowest BCUT2D eigenvalue weighted by atomic mass is 10.00. The van der Waals surface area contributed by atoms with Crippen LogP contribution in [0.25, 0.3) is 11.1 Å². The average Bonchev–Trinajstić information content (AvgIpc) is 2.46. The number of methoxy groups -OCH3 is 1. The van der Waals surface area contributed by atoms with Gasteiger partial charge in [0.05, 0.1) is 7.11 Å². The zero-order valence-electron chi connectivity index (χ0n) is 10.6. The molecule has 2 aromatic carbocycles. The van der Waals surface area contributed by atoms with Gasteiger partial charge in [-0.2, -0.15) is 0 Å². The van der Waals surface area contributed by atoms with Crippen LogP contribution < -0.4 is 5.73 Å². The Morgan fingerprint density at radius 2 is 1.68 bits per heavy atom. The van der Waals surface area contributed by atoms with Gasteiger partial charge >= 0.3 is 5.97 Å². The largest absolute Gasteiger partial charge is 0.468 e. The fourth-order valence-electron chi connectivity index (χ4n) is 1.81. The van der Waals surface area contributed by atoms with E-state index >= 15 is 0 Å². The van der Waals surface area contributed by atoms with Gasteiger partial charge in [0, 0.05) is 0 Å².